The Morgan fingerprint density at radius 3 is 2.59 bits per heavy atom. The Morgan fingerprint density at radius 2 is 1.81 bits per heavy atom. The summed E-state index contributed by atoms with van der Waals surface area (Å²) in [4.78, 5) is 18.1. The molecule has 2 unspecified atom stereocenters. The van der Waals surface area contributed by atoms with Crippen LogP contribution in [0.5, 0.6) is 0 Å². The number of pyridine rings is 1. The molecule has 0 radical (unpaired) electrons. The lowest BCUT2D eigenvalue weighted by molar-refractivity contribution is 0.106. The Labute approximate surface area is 188 Å². The lowest BCUT2D eigenvalue weighted by atomic mass is 9.82. The van der Waals surface area contributed by atoms with E-state index in [0.29, 0.717) is 17.6 Å². The summed E-state index contributed by atoms with van der Waals surface area (Å²) in [5.74, 6) is 2.31. The van der Waals surface area contributed by atoms with Crippen molar-refractivity contribution in [2.75, 3.05) is 27.2 Å². The molecule has 3 aromatic rings. The average molecular weight is 434 g/mol. The molecule has 2 aliphatic rings. The van der Waals surface area contributed by atoms with Gasteiger partial charge in [0.15, 0.2) is 0 Å². The highest BCUT2D eigenvalue weighted by Crippen LogP contribution is 2.36. The number of aliphatic hydroxyl groups is 1. The minimum atomic E-state index is -0.0679. The molecule has 1 N–H and O–H groups in total. The first kappa shape index (κ1) is 21.2. The van der Waals surface area contributed by atoms with Crippen molar-refractivity contribution < 1.29 is 9.52 Å². The van der Waals surface area contributed by atoms with E-state index < -0.39 is 0 Å². The Hall–Kier alpha value is -2.67. The van der Waals surface area contributed by atoms with Gasteiger partial charge in [0.1, 0.15) is 18.1 Å². The molecule has 5 rings (SSSR count). The Kier molecular flexibility index (Phi) is 5.76. The van der Waals surface area contributed by atoms with Gasteiger partial charge >= 0.3 is 0 Å². The van der Waals surface area contributed by atoms with Gasteiger partial charge in [-0.15, -0.1) is 0 Å². The number of piperidine rings is 1. The number of benzene rings is 1. The van der Waals surface area contributed by atoms with Gasteiger partial charge in [-0.3, -0.25) is 9.69 Å². The molecule has 0 saturated carbocycles. The minimum Gasteiger partial charge on any atom is -0.462 e. The average Bonchev–Trinajstić information content (AvgIpc) is 3.22. The molecule has 6 nitrogen and oxygen atoms in total. The van der Waals surface area contributed by atoms with Gasteiger partial charge in [-0.2, -0.15) is 0 Å². The maximum absolute atomic E-state index is 13.6. The van der Waals surface area contributed by atoms with Crippen molar-refractivity contribution in [2.45, 2.75) is 38.6 Å². The van der Waals surface area contributed by atoms with Crippen molar-refractivity contribution in [3.8, 4) is 11.1 Å². The molecule has 1 fully saturated rings. The van der Waals surface area contributed by atoms with Crippen molar-refractivity contribution >= 4 is 0 Å². The number of furan rings is 1. The van der Waals surface area contributed by atoms with Gasteiger partial charge in [-0.05, 0) is 61.8 Å². The van der Waals surface area contributed by atoms with Crippen LogP contribution in [0, 0.1) is 5.92 Å². The van der Waals surface area contributed by atoms with Crippen molar-refractivity contribution in [1.29, 1.82) is 0 Å². The van der Waals surface area contributed by atoms with Gasteiger partial charge in [-0.1, -0.05) is 24.3 Å². The second-order valence-electron chi connectivity index (χ2n) is 9.50. The lowest BCUT2D eigenvalue weighted by Crippen LogP contribution is -2.46. The molecule has 0 aliphatic carbocycles. The second-order valence-corrected chi connectivity index (χ2v) is 9.50. The number of fused-ring (bicyclic) bond motifs is 4. The highest BCUT2D eigenvalue weighted by molar-refractivity contribution is 5.66. The molecule has 6 heteroatoms. The number of hydrogen-bond acceptors (Lipinski definition) is 5. The molecule has 1 aromatic carbocycles. The fourth-order valence-corrected chi connectivity index (χ4v) is 5.45. The summed E-state index contributed by atoms with van der Waals surface area (Å²) < 4.78 is 7.74. The fourth-order valence-electron chi connectivity index (χ4n) is 5.45. The van der Waals surface area contributed by atoms with Crippen LogP contribution in [0.2, 0.25) is 0 Å². The van der Waals surface area contributed by atoms with E-state index in [1.54, 1.807) is 0 Å². The van der Waals surface area contributed by atoms with E-state index >= 15 is 0 Å². The van der Waals surface area contributed by atoms with Crippen molar-refractivity contribution in [1.82, 2.24) is 14.4 Å². The number of aromatic nitrogens is 1. The van der Waals surface area contributed by atoms with Crippen molar-refractivity contribution in [2.24, 2.45) is 5.92 Å². The summed E-state index contributed by atoms with van der Waals surface area (Å²) in [6.07, 6.45) is 1.13. The van der Waals surface area contributed by atoms with Crippen LogP contribution in [0.3, 0.4) is 0 Å². The minimum absolute atomic E-state index is 0.0679. The zero-order valence-electron chi connectivity index (χ0n) is 18.8. The van der Waals surface area contributed by atoms with Crippen molar-refractivity contribution in [3.05, 3.63) is 81.7 Å². The maximum atomic E-state index is 13.6. The topological polar surface area (TPSA) is 61.9 Å². The Morgan fingerprint density at radius 1 is 1.00 bits per heavy atom. The normalized spacial score (nSPS) is 20.5. The first-order valence-electron chi connectivity index (χ1n) is 11.4. The van der Waals surface area contributed by atoms with Gasteiger partial charge in [0.2, 0.25) is 0 Å². The van der Waals surface area contributed by atoms with Crippen LogP contribution in [-0.2, 0) is 26.2 Å². The lowest BCUT2D eigenvalue weighted by Gasteiger charge is -2.42. The largest absolute Gasteiger partial charge is 0.462 e. The van der Waals surface area contributed by atoms with Crippen LogP contribution in [0.15, 0.2) is 57.7 Å². The fraction of sp³-hybridized carbons (Fsp3) is 0.423. The third kappa shape index (κ3) is 4.06. The third-order valence-corrected chi connectivity index (χ3v) is 6.73. The molecule has 2 atom stereocenters. The molecule has 0 amide bonds. The van der Waals surface area contributed by atoms with Crippen molar-refractivity contribution in [3.63, 3.8) is 0 Å². The van der Waals surface area contributed by atoms with Crippen LogP contribution in [0.1, 0.15) is 35.1 Å². The summed E-state index contributed by atoms with van der Waals surface area (Å²) in [5, 5.41) is 9.25. The monoisotopic (exact) mass is 433 g/mol. The van der Waals surface area contributed by atoms with E-state index in [9.17, 15) is 9.90 Å². The summed E-state index contributed by atoms with van der Waals surface area (Å²) in [6, 6.07) is 16.2. The zero-order chi connectivity index (χ0) is 22.2. The molecule has 32 heavy (non-hydrogen) atoms. The summed E-state index contributed by atoms with van der Waals surface area (Å²) in [6.45, 7) is 4.13. The van der Waals surface area contributed by atoms with Gasteiger partial charge < -0.3 is 19.0 Å². The molecular formula is C26H31N3O3. The molecule has 2 aromatic heterocycles. The van der Waals surface area contributed by atoms with Crippen LogP contribution in [0.25, 0.3) is 11.1 Å². The highest BCUT2D eigenvalue weighted by Gasteiger charge is 2.35. The number of aliphatic hydroxyl groups excluding tert-OH is 1. The molecule has 2 aliphatic heterocycles. The highest BCUT2D eigenvalue weighted by atomic mass is 16.4. The van der Waals surface area contributed by atoms with E-state index in [2.05, 4.69) is 42.1 Å². The molecule has 2 bridgehead atoms. The number of likely N-dealkylation sites (tertiary alicyclic amines) is 1. The van der Waals surface area contributed by atoms with Gasteiger partial charge in [-0.25, -0.2) is 0 Å². The first-order valence-corrected chi connectivity index (χ1v) is 11.4. The molecule has 168 valence electrons. The molecule has 0 spiro atoms. The number of hydrogen-bond donors (Lipinski definition) is 1. The van der Waals surface area contributed by atoms with E-state index in [1.807, 2.05) is 34.9 Å². The quantitative estimate of drug-likeness (QED) is 0.647. The van der Waals surface area contributed by atoms with Crippen LogP contribution >= 0.6 is 0 Å². The zero-order valence-corrected chi connectivity index (χ0v) is 18.8. The second kappa shape index (κ2) is 8.70. The van der Waals surface area contributed by atoms with E-state index in [4.69, 9.17) is 4.42 Å². The Bertz CT molecular complexity index is 1160. The van der Waals surface area contributed by atoms with Gasteiger partial charge in [0, 0.05) is 43.4 Å². The summed E-state index contributed by atoms with van der Waals surface area (Å²) in [7, 11) is 4.10. The van der Waals surface area contributed by atoms with Crippen LogP contribution in [0.4, 0.5) is 0 Å². The SMILES string of the molecule is CN(C)Cc1ccccc1-c1ccc2n(c1=O)CC1CC2CN(Cc2ccc(CO)o2)C1. The van der Waals surface area contributed by atoms with Gasteiger partial charge in [0.25, 0.3) is 5.56 Å². The molecular weight excluding hydrogens is 402 g/mol. The van der Waals surface area contributed by atoms with Gasteiger partial charge in [0.05, 0.1) is 6.54 Å². The molecule has 1 saturated heterocycles. The predicted molar refractivity (Wildman–Crippen MR) is 124 cm³/mol. The van der Waals surface area contributed by atoms with Crippen LogP contribution in [-0.4, -0.2) is 46.7 Å². The molecule has 4 heterocycles. The van der Waals surface area contributed by atoms with E-state index in [-0.39, 0.29) is 12.2 Å². The maximum Gasteiger partial charge on any atom is 0.258 e. The first-order chi connectivity index (χ1) is 15.5. The summed E-state index contributed by atoms with van der Waals surface area (Å²) in [5.41, 5.74) is 4.31. The number of rotatable bonds is 6. The third-order valence-electron chi connectivity index (χ3n) is 6.73. The van der Waals surface area contributed by atoms with Crippen LogP contribution < -0.4 is 5.56 Å². The smallest absolute Gasteiger partial charge is 0.258 e. The van der Waals surface area contributed by atoms with E-state index in [1.165, 1.54) is 5.56 Å². The summed E-state index contributed by atoms with van der Waals surface area (Å²) >= 11 is 0. The predicted octanol–water partition coefficient (Wildman–Crippen LogP) is 3.28. The number of nitrogens with zero attached hydrogens (tertiary/aromatic N) is 3. The Balaban J connectivity index is 1.42. The standard InChI is InChI=1S/C26H31N3O3/c1-27(2)14-19-5-3-4-6-23(19)24-9-10-25-20-11-18(13-29(25)26(24)31)12-28(15-20)16-21-7-8-22(17-30)32-21/h3-10,18,20,30H,11-17H2,1-2H3. The van der Waals surface area contributed by atoms with E-state index in [0.717, 1.165) is 61.7 Å².